The maximum Gasteiger partial charge on any atom is 0.162 e. The largest absolute Gasteiger partial charge is 0.489 e. The van der Waals surface area contributed by atoms with Gasteiger partial charge in [-0.3, -0.25) is 0 Å². The van der Waals surface area contributed by atoms with E-state index in [4.69, 9.17) is 23.7 Å². The molecule has 0 fully saturated rings. The fourth-order valence-corrected chi connectivity index (χ4v) is 6.86. The summed E-state index contributed by atoms with van der Waals surface area (Å²) in [4.78, 5) is 0. The third kappa shape index (κ3) is 9.59. The molecular formula is C50H45NO5. The summed E-state index contributed by atoms with van der Waals surface area (Å²) in [5.41, 5.74) is 7.49. The van der Waals surface area contributed by atoms with Crippen LogP contribution in [0.4, 0.5) is 0 Å². The lowest BCUT2D eigenvalue weighted by Crippen LogP contribution is -2.41. The summed E-state index contributed by atoms with van der Waals surface area (Å²) in [7, 11) is 0. The first kappa shape index (κ1) is 36.5. The van der Waals surface area contributed by atoms with Gasteiger partial charge in [-0.05, 0) is 51.9 Å². The number of hydrogen-bond donors (Lipinski definition) is 1. The molecule has 2 atom stereocenters. The van der Waals surface area contributed by atoms with Crippen molar-refractivity contribution in [2.45, 2.75) is 51.5 Å². The van der Waals surface area contributed by atoms with Crippen LogP contribution in [0.5, 0.6) is 28.7 Å². The van der Waals surface area contributed by atoms with Crippen LogP contribution in [0.1, 0.15) is 45.0 Å². The summed E-state index contributed by atoms with van der Waals surface area (Å²) >= 11 is 0. The van der Waals surface area contributed by atoms with E-state index in [0.29, 0.717) is 56.6 Å². The van der Waals surface area contributed by atoms with Crippen molar-refractivity contribution in [2.75, 3.05) is 0 Å². The van der Waals surface area contributed by atoms with E-state index in [-0.39, 0.29) is 12.1 Å². The molecule has 0 aromatic heterocycles. The molecule has 1 aliphatic heterocycles. The molecule has 280 valence electrons. The van der Waals surface area contributed by atoms with Gasteiger partial charge in [-0.2, -0.15) is 0 Å². The van der Waals surface area contributed by atoms with E-state index in [9.17, 15) is 0 Å². The first-order valence-electron chi connectivity index (χ1n) is 19.2. The SMILES string of the molecule is c1ccc(CNC2Cc3c(OCc4ccccc4)cc(OCc4ccccc4)cc3OC2c2ccc(OCc3ccccc3)c(OCc3ccccc3)c2)cc1. The second-order valence-electron chi connectivity index (χ2n) is 13.9. The van der Waals surface area contributed by atoms with Crippen molar-refractivity contribution in [2.24, 2.45) is 0 Å². The van der Waals surface area contributed by atoms with Crippen molar-refractivity contribution < 1.29 is 23.7 Å². The van der Waals surface area contributed by atoms with Crippen molar-refractivity contribution >= 4 is 0 Å². The average Bonchev–Trinajstić information content (AvgIpc) is 3.27. The van der Waals surface area contributed by atoms with E-state index < -0.39 is 0 Å². The highest BCUT2D eigenvalue weighted by atomic mass is 16.5. The second kappa shape index (κ2) is 18.2. The number of hydrogen-bond acceptors (Lipinski definition) is 6. The average molecular weight is 740 g/mol. The highest BCUT2D eigenvalue weighted by Crippen LogP contribution is 2.44. The predicted octanol–water partition coefficient (Wildman–Crippen LogP) is 10.8. The molecule has 6 heteroatoms. The first-order valence-corrected chi connectivity index (χ1v) is 19.2. The van der Waals surface area contributed by atoms with Crippen LogP contribution in [0.15, 0.2) is 182 Å². The van der Waals surface area contributed by atoms with Gasteiger partial charge in [-0.1, -0.05) is 158 Å². The molecule has 8 rings (SSSR count). The molecule has 1 aliphatic rings. The maximum atomic E-state index is 7.07. The lowest BCUT2D eigenvalue weighted by Gasteiger charge is -2.36. The van der Waals surface area contributed by atoms with Crippen LogP contribution < -0.4 is 29.0 Å². The van der Waals surface area contributed by atoms with Crippen LogP contribution in [-0.4, -0.2) is 6.04 Å². The van der Waals surface area contributed by atoms with Gasteiger partial charge in [0.2, 0.25) is 0 Å². The topological polar surface area (TPSA) is 58.2 Å². The van der Waals surface area contributed by atoms with Crippen LogP contribution >= 0.6 is 0 Å². The number of nitrogens with one attached hydrogen (secondary N) is 1. The Morgan fingerprint density at radius 1 is 0.446 bits per heavy atom. The molecule has 6 nitrogen and oxygen atoms in total. The summed E-state index contributed by atoms with van der Waals surface area (Å²) in [6, 6.07) is 61.2. The Morgan fingerprint density at radius 3 is 1.45 bits per heavy atom. The van der Waals surface area contributed by atoms with Gasteiger partial charge >= 0.3 is 0 Å². The van der Waals surface area contributed by atoms with Crippen LogP contribution in [-0.2, 0) is 39.4 Å². The molecule has 0 bridgehead atoms. The Balaban J connectivity index is 1.13. The van der Waals surface area contributed by atoms with E-state index >= 15 is 0 Å². The highest BCUT2D eigenvalue weighted by Gasteiger charge is 2.34. The maximum absolute atomic E-state index is 7.07. The van der Waals surface area contributed by atoms with E-state index in [2.05, 4.69) is 90.2 Å². The van der Waals surface area contributed by atoms with Crippen LogP contribution in [0.25, 0.3) is 0 Å². The molecule has 56 heavy (non-hydrogen) atoms. The number of rotatable bonds is 16. The summed E-state index contributed by atoms with van der Waals surface area (Å²) < 4.78 is 32.9. The molecule has 7 aromatic rings. The molecule has 7 aromatic carbocycles. The van der Waals surface area contributed by atoms with Crippen molar-refractivity contribution in [3.05, 3.63) is 221 Å². The van der Waals surface area contributed by atoms with E-state index in [1.807, 2.05) is 97.1 Å². The van der Waals surface area contributed by atoms with Gasteiger partial charge in [0.1, 0.15) is 49.8 Å². The number of fused-ring (bicyclic) bond motifs is 1. The zero-order valence-electron chi connectivity index (χ0n) is 31.3. The normalized spacial score (nSPS) is 14.6. The summed E-state index contributed by atoms with van der Waals surface area (Å²) in [5.74, 6) is 3.49. The van der Waals surface area contributed by atoms with E-state index in [1.54, 1.807) is 0 Å². The minimum atomic E-state index is -0.361. The Bertz CT molecular complexity index is 2270. The Labute approximate surface area is 329 Å². The van der Waals surface area contributed by atoms with Crippen molar-refractivity contribution in [1.82, 2.24) is 5.32 Å². The van der Waals surface area contributed by atoms with Crippen molar-refractivity contribution in [1.29, 1.82) is 0 Å². The summed E-state index contributed by atoms with van der Waals surface area (Å²) in [6.45, 7) is 2.35. The molecule has 0 saturated heterocycles. The number of ether oxygens (including phenoxy) is 5. The molecule has 1 heterocycles. The van der Waals surface area contributed by atoms with E-state index in [1.165, 1.54) is 5.56 Å². The predicted molar refractivity (Wildman–Crippen MR) is 220 cm³/mol. The monoisotopic (exact) mass is 739 g/mol. The first-order chi connectivity index (χ1) is 27.7. The van der Waals surface area contributed by atoms with Gasteiger partial charge in [0.15, 0.2) is 11.5 Å². The third-order valence-corrected chi connectivity index (χ3v) is 9.85. The molecule has 0 aliphatic carbocycles. The molecular weight excluding hydrogens is 695 g/mol. The minimum absolute atomic E-state index is 0.101. The quantitative estimate of drug-likeness (QED) is 0.106. The molecule has 0 spiro atoms. The zero-order valence-corrected chi connectivity index (χ0v) is 31.3. The van der Waals surface area contributed by atoms with Gasteiger partial charge in [0, 0.05) is 24.2 Å². The fraction of sp³-hybridized carbons (Fsp3) is 0.160. The molecule has 2 unspecified atom stereocenters. The minimum Gasteiger partial charge on any atom is -0.489 e. The lowest BCUT2D eigenvalue weighted by molar-refractivity contribution is 0.129. The summed E-state index contributed by atoms with van der Waals surface area (Å²) in [6.07, 6.45) is 0.308. The van der Waals surface area contributed by atoms with Gasteiger partial charge in [0.05, 0.1) is 6.04 Å². The van der Waals surface area contributed by atoms with Gasteiger partial charge in [-0.15, -0.1) is 0 Å². The molecule has 0 radical (unpaired) electrons. The highest BCUT2D eigenvalue weighted by molar-refractivity contribution is 5.54. The van der Waals surface area contributed by atoms with Crippen molar-refractivity contribution in [3.8, 4) is 28.7 Å². The lowest BCUT2D eigenvalue weighted by atomic mass is 9.91. The van der Waals surface area contributed by atoms with Gasteiger partial charge in [-0.25, -0.2) is 0 Å². The Kier molecular flexibility index (Phi) is 11.9. The van der Waals surface area contributed by atoms with Crippen molar-refractivity contribution in [3.63, 3.8) is 0 Å². The third-order valence-electron chi connectivity index (χ3n) is 9.85. The van der Waals surface area contributed by atoms with E-state index in [0.717, 1.165) is 44.9 Å². The Hall–Kier alpha value is -6.50. The molecule has 1 N–H and O–H groups in total. The molecule has 0 saturated carbocycles. The fourth-order valence-electron chi connectivity index (χ4n) is 6.86. The molecule has 0 amide bonds. The van der Waals surface area contributed by atoms with Crippen LogP contribution in [0.3, 0.4) is 0 Å². The van der Waals surface area contributed by atoms with Crippen LogP contribution in [0.2, 0.25) is 0 Å². The van der Waals surface area contributed by atoms with Gasteiger partial charge < -0.3 is 29.0 Å². The summed E-state index contributed by atoms with van der Waals surface area (Å²) in [5, 5.41) is 3.84. The smallest absolute Gasteiger partial charge is 0.162 e. The zero-order chi connectivity index (χ0) is 37.8. The number of benzene rings is 7. The Morgan fingerprint density at radius 2 is 0.911 bits per heavy atom. The van der Waals surface area contributed by atoms with Crippen LogP contribution in [0, 0.1) is 0 Å². The standard InChI is InChI=1S/C50H45NO5/c1-6-16-37(17-7-1)32-51-45-31-44-47(54-35-40-22-12-4-13-23-40)29-43(52-33-38-18-8-2-9-19-38)30-48(44)56-50(45)42-26-27-46(53-34-39-20-10-3-11-21-39)49(28-42)55-36-41-24-14-5-15-25-41/h1-30,45,50-51H,31-36H2. The second-order valence-corrected chi connectivity index (χ2v) is 13.9. The van der Waals surface area contributed by atoms with Gasteiger partial charge in [0.25, 0.3) is 0 Å².